The van der Waals surface area contributed by atoms with Gasteiger partial charge < -0.3 is 21.1 Å². The van der Waals surface area contributed by atoms with Crippen molar-refractivity contribution in [2.24, 2.45) is 0 Å². The second-order valence-electron chi connectivity index (χ2n) is 8.86. The number of halogens is 3. The molecule has 218 valence electrons. The molecule has 0 saturated heterocycles. The molecular formula is C31H22Cl3N3O5S. The SMILES string of the molecule is O=C(CSc1ccc(NC(=O)/C(=C/c2ccc(Cl)cc2Cl)NC(=O)c2ccccc2)cc1)Nc1cc(C(=O)O)ccc1Cl. The zero-order chi connectivity index (χ0) is 30.9. The summed E-state index contributed by atoms with van der Waals surface area (Å²) in [7, 11) is 0. The number of nitrogens with one attached hydrogen (secondary N) is 3. The third kappa shape index (κ3) is 9.10. The van der Waals surface area contributed by atoms with Crippen LogP contribution in [0, 0.1) is 0 Å². The number of carboxylic acid groups (broad SMARTS) is 1. The van der Waals surface area contributed by atoms with Crippen LogP contribution in [-0.4, -0.2) is 34.6 Å². The van der Waals surface area contributed by atoms with Crippen molar-refractivity contribution in [2.45, 2.75) is 4.90 Å². The molecule has 0 unspecified atom stereocenters. The van der Waals surface area contributed by atoms with Crippen LogP contribution in [0.15, 0.2) is 102 Å². The van der Waals surface area contributed by atoms with Crippen LogP contribution in [0.5, 0.6) is 0 Å². The average molecular weight is 655 g/mol. The van der Waals surface area contributed by atoms with E-state index < -0.39 is 17.8 Å². The molecule has 4 aromatic rings. The van der Waals surface area contributed by atoms with Crippen molar-refractivity contribution in [3.05, 3.63) is 128 Å². The number of anilines is 2. The Morgan fingerprint density at radius 3 is 2.16 bits per heavy atom. The number of carbonyl (C=O) groups excluding carboxylic acids is 3. The first-order valence-electron chi connectivity index (χ1n) is 12.5. The third-order valence-corrected chi connectivity index (χ3v) is 7.66. The van der Waals surface area contributed by atoms with Gasteiger partial charge in [0.15, 0.2) is 0 Å². The highest BCUT2D eigenvalue weighted by Gasteiger charge is 2.16. The van der Waals surface area contributed by atoms with E-state index in [1.807, 2.05) is 0 Å². The molecule has 4 aromatic carbocycles. The predicted molar refractivity (Wildman–Crippen MR) is 171 cm³/mol. The second kappa shape index (κ2) is 14.8. The highest BCUT2D eigenvalue weighted by molar-refractivity contribution is 8.00. The summed E-state index contributed by atoms with van der Waals surface area (Å²) in [5, 5.41) is 18.1. The summed E-state index contributed by atoms with van der Waals surface area (Å²) < 4.78 is 0. The fourth-order valence-corrected chi connectivity index (χ4v) is 4.96. The summed E-state index contributed by atoms with van der Waals surface area (Å²) in [6, 6.07) is 24.0. The van der Waals surface area contributed by atoms with Crippen LogP contribution in [0.2, 0.25) is 15.1 Å². The summed E-state index contributed by atoms with van der Waals surface area (Å²) in [6.45, 7) is 0. The van der Waals surface area contributed by atoms with E-state index in [1.54, 1.807) is 66.7 Å². The van der Waals surface area contributed by atoms with E-state index in [0.29, 0.717) is 26.9 Å². The van der Waals surface area contributed by atoms with Gasteiger partial charge in [-0.15, -0.1) is 11.8 Å². The van der Waals surface area contributed by atoms with Crippen LogP contribution in [0.4, 0.5) is 11.4 Å². The highest BCUT2D eigenvalue weighted by Crippen LogP contribution is 2.26. The first kappa shape index (κ1) is 31.7. The van der Waals surface area contributed by atoms with Gasteiger partial charge in [-0.2, -0.15) is 0 Å². The van der Waals surface area contributed by atoms with E-state index in [4.69, 9.17) is 39.9 Å². The molecule has 0 aliphatic heterocycles. The van der Waals surface area contributed by atoms with Crippen molar-refractivity contribution in [1.82, 2.24) is 5.32 Å². The van der Waals surface area contributed by atoms with Crippen molar-refractivity contribution < 1.29 is 24.3 Å². The van der Waals surface area contributed by atoms with Crippen molar-refractivity contribution in [2.75, 3.05) is 16.4 Å². The number of thioether (sulfide) groups is 1. The van der Waals surface area contributed by atoms with Crippen molar-refractivity contribution in [3.8, 4) is 0 Å². The quantitative estimate of drug-likeness (QED) is 0.104. The Hall–Kier alpha value is -4.28. The molecular weight excluding hydrogens is 633 g/mol. The second-order valence-corrected chi connectivity index (χ2v) is 11.2. The Kier molecular flexibility index (Phi) is 10.9. The fourth-order valence-electron chi connectivity index (χ4n) is 3.64. The van der Waals surface area contributed by atoms with Gasteiger partial charge in [0.05, 0.1) is 22.0 Å². The van der Waals surface area contributed by atoms with Crippen LogP contribution in [-0.2, 0) is 9.59 Å². The molecule has 0 radical (unpaired) electrons. The standard InChI is InChI=1S/C31H22Cl3N3O5S/c32-21-8-6-19(25(34)16-21)14-27(37-29(39)18-4-2-1-3-5-18)30(40)35-22-9-11-23(12-10-22)43-17-28(38)36-26-15-20(31(41)42)7-13-24(26)33/h1-16H,17H2,(H,35,40)(H,36,38)(H,37,39)(H,41,42)/b27-14-. The summed E-state index contributed by atoms with van der Waals surface area (Å²) in [5.74, 6) is -2.55. The molecule has 8 nitrogen and oxygen atoms in total. The van der Waals surface area contributed by atoms with Crippen LogP contribution in [0.25, 0.3) is 6.08 Å². The van der Waals surface area contributed by atoms with Crippen LogP contribution >= 0.6 is 46.6 Å². The van der Waals surface area contributed by atoms with E-state index in [0.717, 1.165) is 4.90 Å². The van der Waals surface area contributed by atoms with E-state index in [9.17, 15) is 19.2 Å². The maximum absolute atomic E-state index is 13.3. The normalized spacial score (nSPS) is 11.0. The molecule has 0 atom stereocenters. The minimum atomic E-state index is -1.14. The van der Waals surface area contributed by atoms with Gasteiger partial charge in [-0.05, 0) is 78.4 Å². The molecule has 4 N–H and O–H groups in total. The molecule has 43 heavy (non-hydrogen) atoms. The average Bonchev–Trinajstić information content (AvgIpc) is 2.99. The number of aromatic carboxylic acids is 1. The van der Waals surface area contributed by atoms with Crippen LogP contribution in [0.1, 0.15) is 26.3 Å². The van der Waals surface area contributed by atoms with Gasteiger partial charge in [0.25, 0.3) is 11.8 Å². The van der Waals surface area contributed by atoms with Gasteiger partial charge in [0.1, 0.15) is 5.70 Å². The summed E-state index contributed by atoms with van der Waals surface area (Å²) >= 11 is 19.6. The maximum Gasteiger partial charge on any atom is 0.335 e. The molecule has 0 spiro atoms. The lowest BCUT2D eigenvalue weighted by Gasteiger charge is -2.12. The Balaban J connectivity index is 1.42. The lowest BCUT2D eigenvalue weighted by atomic mass is 10.1. The van der Waals surface area contributed by atoms with E-state index in [1.165, 1.54) is 42.1 Å². The van der Waals surface area contributed by atoms with Gasteiger partial charge >= 0.3 is 5.97 Å². The summed E-state index contributed by atoms with van der Waals surface area (Å²) in [4.78, 5) is 50.5. The topological polar surface area (TPSA) is 125 Å². The predicted octanol–water partition coefficient (Wildman–Crippen LogP) is 7.49. The molecule has 0 aliphatic carbocycles. The van der Waals surface area contributed by atoms with Gasteiger partial charge in [-0.25, -0.2) is 4.79 Å². The number of hydrogen-bond acceptors (Lipinski definition) is 5. The zero-order valence-corrected chi connectivity index (χ0v) is 25.2. The monoisotopic (exact) mass is 653 g/mol. The number of carbonyl (C=O) groups is 4. The lowest BCUT2D eigenvalue weighted by Crippen LogP contribution is -2.30. The third-order valence-electron chi connectivity index (χ3n) is 5.76. The fraction of sp³-hybridized carbons (Fsp3) is 0.0323. The van der Waals surface area contributed by atoms with Gasteiger partial charge in [-0.3, -0.25) is 14.4 Å². The maximum atomic E-state index is 13.3. The Morgan fingerprint density at radius 2 is 1.49 bits per heavy atom. The molecule has 0 fully saturated rings. The van der Waals surface area contributed by atoms with Crippen molar-refractivity contribution in [1.29, 1.82) is 0 Å². The molecule has 0 heterocycles. The number of benzene rings is 4. The zero-order valence-electron chi connectivity index (χ0n) is 22.1. The smallest absolute Gasteiger partial charge is 0.335 e. The Bertz CT molecular complexity index is 1710. The number of hydrogen-bond donors (Lipinski definition) is 4. The van der Waals surface area contributed by atoms with E-state index >= 15 is 0 Å². The van der Waals surface area contributed by atoms with Crippen molar-refractivity contribution >= 4 is 87.7 Å². The summed E-state index contributed by atoms with van der Waals surface area (Å²) in [5.41, 5.74) is 1.44. The largest absolute Gasteiger partial charge is 0.478 e. The minimum Gasteiger partial charge on any atom is -0.478 e. The molecule has 0 saturated carbocycles. The molecule has 12 heteroatoms. The van der Waals surface area contributed by atoms with Gasteiger partial charge in [-0.1, -0.05) is 59.1 Å². The van der Waals surface area contributed by atoms with Gasteiger partial charge in [0.2, 0.25) is 5.91 Å². The van der Waals surface area contributed by atoms with E-state index in [2.05, 4.69) is 16.0 Å². The molecule has 4 rings (SSSR count). The lowest BCUT2D eigenvalue weighted by molar-refractivity contribution is -0.114. The van der Waals surface area contributed by atoms with Crippen LogP contribution in [0.3, 0.4) is 0 Å². The molecule has 3 amide bonds. The first-order chi connectivity index (χ1) is 20.6. The molecule has 0 bridgehead atoms. The number of amides is 3. The number of carboxylic acids is 1. The minimum absolute atomic E-state index is 0.00103. The first-order valence-corrected chi connectivity index (χ1v) is 14.6. The van der Waals surface area contributed by atoms with Gasteiger partial charge in [0, 0.05) is 26.2 Å². The highest BCUT2D eigenvalue weighted by atomic mass is 35.5. The van der Waals surface area contributed by atoms with Crippen molar-refractivity contribution in [3.63, 3.8) is 0 Å². The molecule has 0 aliphatic rings. The van der Waals surface area contributed by atoms with Crippen LogP contribution < -0.4 is 16.0 Å². The molecule has 0 aromatic heterocycles. The number of rotatable bonds is 10. The summed E-state index contributed by atoms with van der Waals surface area (Å²) in [6.07, 6.45) is 1.45. The van der Waals surface area contributed by atoms with E-state index in [-0.39, 0.29) is 33.6 Å². The Labute approximate surface area is 266 Å². The Morgan fingerprint density at radius 1 is 0.767 bits per heavy atom.